The molecule has 0 spiro atoms. The molecule has 0 aromatic heterocycles. The van der Waals surface area contributed by atoms with E-state index in [4.69, 9.17) is 21.1 Å². The third kappa shape index (κ3) is 7.22. The molecule has 1 saturated carbocycles. The molecule has 1 aliphatic carbocycles. The third-order valence-electron chi connectivity index (χ3n) is 4.81. The normalized spacial score (nSPS) is 18.3. The minimum absolute atomic E-state index is 0.0343. The van der Waals surface area contributed by atoms with Crippen LogP contribution < -0.4 is 20.1 Å². The van der Waals surface area contributed by atoms with Crippen molar-refractivity contribution in [3.05, 3.63) is 59.4 Å². The van der Waals surface area contributed by atoms with Gasteiger partial charge in [-0.1, -0.05) is 17.7 Å². The fourth-order valence-electron chi connectivity index (χ4n) is 3.31. The van der Waals surface area contributed by atoms with E-state index in [0.717, 1.165) is 25.7 Å². The molecule has 8 heteroatoms. The number of nitrogens with one attached hydrogen (secondary N) is 2. The summed E-state index contributed by atoms with van der Waals surface area (Å²) in [6, 6.07) is 12.6. The van der Waals surface area contributed by atoms with Gasteiger partial charge in [-0.25, -0.2) is 4.39 Å². The van der Waals surface area contributed by atoms with Crippen LogP contribution >= 0.6 is 11.6 Å². The van der Waals surface area contributed by atoms with Gasteiger partial charge in [-0.05, 0) is 62.1 Å². The Kier molecular flexibility index (Phi) is 7.90. The topological polar surface area (TPSA) is 76.7 Å². The Labute approximate surface area is 179 Å². The first-order valence-corrected chi connectivity index (χ1v) is 10.2. The van der Waals surface area contributed by atoms with E-state index in [0.29, 0.717) is 16.5 Å². The second-order valence-electron chi connectivity index (χ2n) is 7.17. The highest BCUT2D eigenvalue weighted by Crippen LogP contribution is 2.19. The van der Waals surface area contributed by atoms with E-state index in [2.05, 4.69) is 10.6 Å². The Balaban J connectivity index is 1.31. The van der Waals surface area contributed by atoms with Gasteiger partial charge in [-0.2, -0.15) is 0 Å². The van der Waals surface area contributed by atoms with Crippen LogP contribution in [0.5, 0.6) is 11.5 Å². The van der Waals surface area contributed by atoms with Crippen LogP contribution in [0.4, 0.5) is 4.39 Å². The number of amides is 2. The van der Waals surface area contributed by atoms with Crippen molar-refractivity contribution in [3.63, 3.8) is 0 Å². The smallest absolute Gasteiger partial charge is 0.258 e. The van der Waals surface area contributed by atoms with Crippen LogP contribution in [0, 0.1) is 5.82 Å². The monoisotopic (exact) mass is 434 g/mol. The van der Waals surface area contributed by atoms with Crippen molar-refractivity contribution < 1.29 is 23.5 Å². The first-order chi connectivity index (χ1) is 14.5. The lowest BCUT2D eigenvalue weighted by atomic mass is 9.91. The summed E-state index contributed by atoms with van der Waals surface area (Å²) in [6.07, 6.45) is 3.05. The van der Waals surface area contributed by atoms with Gasteiger partial charge in [0.1, 0.15) is 17.3 Å². The molecule has 0 bridgehead atoms. The standard InChI is InChI=1S/C22H24ClFN2O4/c23-15-4-10-19(11-5-15)29-13-21(27)25-17-6-8-18(9-7-17)26-22(28)14-30-20-3-1-2-16(24)12-20/h1-5,10-12,17-18H,6-9,13-14H2,(H,25,27)(H,26,28). The van der Waals surface area contributed by atoms with Gasteiger partial charge in [0.2, 0.25) is 0 Å². The molecule has 0 aliphatic heterocycles. The molecule has 0 unspecified atom stereocenters. The highest BCUT2D eigenvalue weighted by Gasteiger charge is 2.23. The predicted octanol–water partition coefficient (Wildman–Crippen LogP) is 3.48. The van der Waals surface area contributed by atoms with Crippen molar-refractivity contribution in [1.29, 1.82) is 0 Å². The molecular weight excluding hydrogens is 411 g/mol. The van der Waals surface area contributed by atoms with Gasteiger partial charge in [0.25, 0.3) is 11.8 Å². The molecule has 0 radical (unpaired) electrons. The molecule has 0 saturated heterocycles. The summed E-state index contributed by atoms with van der Waals surface area (Å²) in [5, 5.41) is 6.49. The van der Waals surface area contributed by atoms with Gasteiger partial charge in [0, 0.05) is 23.2 Å². The molecule has 1 aliphatic rings. The molecule has 2 aromatic rings. The number of carbonyl (C=O) groups excluding carboxylic acids is 2. The molecular formula is C22H24ClFN2O4. The number of ether oxygens (including phenoxy) is 2. The third-order valence-corrected chi connectivity index (χ3v) is 5.06. The average molecular weight is 435 g/mol. The van der Waals surface area contributed by atoms with Crippen LogP contribution in [0.2, 0.25) is 5.02 Å². The highest BCUT2D eigenvalue weighted by atomic mass is 35.5. The summed E-state index contributed by atoms with van der Waals surface area (Å²) in [5.74, 6) is 0.0645. The van der Waals surface area contributed by atoms with Crippen LogP contribution in [-0.2, 0) is 9.59 Å². The number of hydrogen-bond donors (Lipinski definition) is 2. The van der Waals surface area contributed by atoms with E-state index in [-0.39, 0.29) is 37.1 Å². The van der Waals surface area contributed by atoms with Crippen LogP contribution in [-0.4, -0.2) is 37.1 Å². The quantitative estimate of drug-likeness (QED) is 0.667. The summed E-state index contributed by atoms with van der Waals surface area (Å²) in [7, 11) is 0. The minimum Gasteiger partial charge on any atom is -0.484 e. The first kappa shape index (κ1) is 21.9. The van der Waals surface area contributed by atoms with Crippen molar-refractivity contribution >= 4 is 23.4 Å². The molecule has 160 valence electrons. The number of halogens is 2. The van der Waals surface area contributed by atoms with Crippen molar-refractivity contribution in [3.8, 4) is 11.5 Å². The van der Waals surface area contributed by atoms with E-state index >= 15 is 0 Å². The van der Waals surface area contributed by atoms with Gasteiger partial charge < -0.3 is 20.1 Å². The Bertz CT molecular complexity index is 854. The molecule has 3 rings (SSSR count). The fourth-order valence-corrected chi connectivity index (χ4v) is 3.43. The van der Waals surface area contributed by atoms with Crippen LogP contribution in [0.1, 0.15) is 25.7 Å². The SMILES string of the molecule is O=C(COc1ccc(Cl)cc1)NC1CCC(NC(=O)COc2cccc(F)c2)CC1. The zero-order valence-corrected chi connectivity index (χ0v) is 17.2. The molecule has 2 N–H and O–H groups in total. The Morgan fingerprint density at radius 2 is 1.40 bits per heavy atom. The number of carbonyl (C=O) groups is 2. The van der Waals surface area contributed by atoms with Gasteiger partial charge in [-0.3, -0.25) is 9.59 Å². The summed E-state index contributed by atoms with van der Waals surface area (Å²) in [6.45, 7) is -0.224. The molecule has 2 aromatic carbocycles. The minimum atomic E-state index is -0.410. The largest absolute Gasteiger partial charge is 0.484 e. The van der Waals surface area contributed by atoms with Crippen LogP contribution in [0.15, 0.2) is 48.5 Å². The average Bonchev–Trinajstić information content (AvgIpc) is 2.73. The van der Waals surface area contributed by atoms with E-state index in [1.165, 1.54) is 18.2 Å². The van der Waals surface area contributed by atoms with Crippen LogP contribution in [0.25, 0.3) is 0 Å². The van der Waals surface area contributed by atoms with Crippen molar-refractivity contribution in [2.75, 3.05) is 13.2 Å². The van der Waals surface area contributed by atoms with E-state index in [9.17, 15) is 14.0 Å². The molecule has 2 amide bonds. The predicted molar refractivity (Wildman–Crippen MR) is 111 cm³/mol. The van der Waals surface area contributed by atoms with Gasteiger partial charge >= 0.3 is 0 Å². The lowest BCUT2D eigenvalue weighted by Crippen LogP contribution is -2.45. The molecule has 1 fully saturated rings. The van der Waals surface area contributed by atoms with E-state index in [1.807, 2.05) is 0 Å². The van der Waals surface area contributed by atoms with Crippen molar-refractivity contribution in [2.24, 2.45) is 0 Å². The van der Waals surface area contributed by atoms with Gasteiger partial charge in [0.15, 0.2) is 13.2 Å². The maximum absolute atomic E-state index is 13.1. The molecule has 30 heavy (non-hydrogen) atoms. The summed E-state index contributed by atoms with van der Waals surface area (Å²) < 4.78 is 23.9. The second-order valence-corrected chi connectivity index (χ2v) is 7.61. The zero-order valence-electron chi connectivity index (χ0n) is 16.4. The zero-order chi connectivity index (χ0) is 21.3. The molecule has 0 heterocycles. The number of benzene rings is 2. The molecule has 0 atom stereocenters. The number of rotatable bonds is 8. The summed E-state index contributed by atoms with van der Waals surface area (Å²) >= 11 is 5.82. The summed E-state index contributed by atoms with van der Waals surface area (Å²) in [4.78, 5) is 24.1. The van der Waals surface area contributed by atoms with E-state index in [1.54, 1.807) is 30.3 Å². The van der Waals surface area contributed by atoms with Crippen molar-refractivity contribution in [2.45, 2.75) is 37.8 Å². The summed E-state index contributed by atoms with van der Waals surface area (Å²) in [5.41, 5.74) is 0. The highest BCUT2D eigenvalue weighted by molar-refractivity contribution is 6.30. The lowest BCUT2D eigenvalue weighted by Gasteiger charge is -2.29. The number of hydrogen-bond acceptors (Lipinski definition) is 4. The Morgan fingerprint density at radius 3 is 1.93 bits per heavy atom. The van der Waals surface area contributed by atoms with Crippen LogP contribution in [0.3, 0.4) is 0 Å². The van der Waals surface area contributed by atoms with E-state index < -0.39 is 5.82 Å². The van der Waals surface area contributed by atoms with Crippen molar-refractivity contribution in [1.82, 2.24) is 10.6 Å². The lowest BCUT2D eigenvalue weighted by molar-refractivity contribution is -0.125. The second kappa shape index (κ2) is 10.8. The fraction of sp³-hybridized carbons (Fsp3) is 0.364. The maximum atomic E-state index is 13.1. The maximum Gasteiger partial charge on any atom is 0.258 e. The van der Waals surface area contributed by atoms with Gasteiger partial charge in [0.05, 0.1) is 0 Å². The Hall–Kier alpha value is -2.80. The van der Waals surface area contributed by atoms with Gasteiger partial charge in [-0.15, -0.1) is 0 Å². The first-order valence-electron chi connectivity index (χ1n) is 9.83. The molecule has 6 nitrogen and oxygen atoms in total. The Morgan fingerprint density at radius 1 is 0.867 bits per heavy atom.